The van der Waals surface area contributed by atoms with Gasteiger partial charge in [0.2, 0.25) is 0 Å². The van der Waals surface area contributed by atoms with Crippen LogP contribution >= 0.6 is 0 Å². The molecule has 1 aromatic heterocycles. The number of nitrogens with zero attached hydrogens (tertiary/aromatic N) is 2. The monoisotopic (exact) mass is 257 g/mol. The summed E-state index contributed by atoms with van der Waals surface area (Å²) < 4.78 is 13.2. The van der Waals surface area contributed by atoms with Crippen LogP contribution < -0.4 is 10.2 Å². The molecule has 2 aromatic rings. The SMILES string of the molecule is CC1CNc2ccccc2N1Cc1cncc(F)c1. The molecule has 2 heterocycles. The van der Waals surface area contributed by atoms with E-state index in [9.17, 15) is 4.39 Å². The van der Waals surface area contributed by atoms with Gasteiger partial charge < -0.3 is 10.2 Å². The molecule has 1 aliphatic heterocycles. The minimum absolute atomic E-state index is 0.284. The lowest BCUT2D eigenvalue weighted by Gasteiger charge is -2.37. The van der Waals surface area contributed by atoms with Gasteiger partial charge in [0.15, 0.2) is 0 Å². The van der Waals surface area contributed by atoms with Crippen LogP contribution in [-0.4, -0.2) is 17.6 Å². The van der Waals surface area contributed by atoms with Gasteiger partial charge in [0.25, 0.3) is 0 Å². The fraction of sp³-hybridized carbons (Fsp3) is 0.267. The second-order valence-electron chi connectivity index (χ2n) is 4.89. The topological polar surface area (TPSA) is 28.2 Å². The van der Waals surface area contributed by atoms with Crippen LogP contribution in [-0.2, 0) is 6.54 Å². The summed E-state index contributed by atoms with van der Waals surface area (Å²) in [7, 11) is 0. The number of halogens is 1. The van der Waals surface area contributed by atoms with E-state index in [1.807, 2.05) is 12.1 Å². The first-order chi connectivity index (χ1) is 9.24. The zero-order chi connectivity index (χ0) is 13.2. The molecule has 1 atom stereocenters. The van der Waals surface area contributed by atoms with E-state index >= 15 is 0 Å². The highest BCUT2D eigenvalue weighted by atomic mass is 19.1. The minimum Gasteiger partial charge on any atom is -0.381 e. The van der Waals surface area contributed by atoms with Gasteiger partial charge in [-0.3, -0.25) is 4.98 Å². The van der Waals surface area contributed by atoms with Crippen molar-refractivity contribution in [2.45, 2.75) is 19.5 Å². The summed E-state index contributed by atoms with van der Waals surface area (Å²) in [4.78, 5) is 6.19. The van der Waals surface area contributed by atoms with Gasteiger partial charge in [0.05, 0.1) is 17.6 Å². The summed E-state index contributed by atoms with van der Waals surface area (Å²) in [5, 5.41) is 3.41. The molecule has 0 spiro atoms. The minimum atomic E-state index is -0.284. The summed E-state index contributed by atoms with van der Waals surface area (Å²) in [5.41, 5.74) is 3.18. The number of aromatic nitrogens is 1. The van der Waals surface area contributed by atoms with Crippen LogP contribution in [0.2, 0.25) is 0 Å². The lowest BCUT2D eigenvalue weighted by molar-refractivity contribution is 0.609. The molecule has 0 radical (unpaired) electrons. The first kappa shape index (κ1) is 12.0. The number of hydrogen-bond acceptors (Lipinski definition) is 3. The predicted molar refractivity (Wildman–Crippen MR) is 74.8 cm³/mol. The molecule has 98 valence electrons. The van der Waals surface area contributed by atoms with E-state index in [2.05, 4.69) is 34.3 Å². The van der Waals surface area contributed by atoms with Gasteiger partial charge in [-0.1, -0.05) is 12.1 Å². The fourth-order valence-electron chi connectivity index (χ4n) is 2.46. The van der Waals surface area contributed by atoms with Gasteiger partial charge >= 0.3 is 0 Å². The van der Waals surface area contributed by atoms with Crippen molar-refractivity contribution >= 4 is 11.4 Å². The van der Waals surface area contributed by atoms with Gasteiger partial charge in [-0.25, -0.2) is 4.39 Å². The quantitative estimate of drug-likeness (QED) is 0.896. The van der Waals surface area contributed by atoms with Crippen molar-refractivity contribution in [3.8, 4) is 0 Å². The van der Waals surface area contributed by atoms with E-state index in [-0.39, 0.29) is 5.82 Å². The van der Waals surface area contributed by atoms with Gasteiger partial charge in [-0.05, 0) is 30.7 Å². The molecule has 1 aliphatic rings. The molecular weight excluding hydrogens is 241 g/mol. The number of pyridine rings is 1. The Kier molecular flexibility index (Phi) is 3.07. The predicted octanol–water partition coefficient (Wildman–Crippen LogP) is 3.04. The maximum absolute atomic E-state index is 13.2. The molecule has 0 bridgehead atoms. The van der Waals surface area contributed by atoms with Crippen molar-refractivity contribution in [2.24, 2.45) is 0 Å². The second kappa shape index (κ2) is 4.88. The van der Waals surface area contributed by atoms with Crippen LogP contribution in [0.4, 0.5) is 15.8 Å². The van der Waals surface area contributed by atoms with E-state index < -0.39 is 0 Å². The third kappa shape index (κ3) is 2.38. The van der Waals surface area contributed by atoms with Crippen molar-refractivity contribution in [3.05, 3.63) is 54.1 Å². The van der Waals surface area contributed by atoms with Crippen LogP contribution in [0.25, 0.3) is 0 Å². The molecule has 4 heteroatoms. The largest absolute Gasteiger partial charge is 0.381 e. The second-order valence-corrected chi connectivity index (χ2v) is 4.89. The molecule has 0 aliphatic carbocycles. The fourth-order valence-corrected chi connectivity index (χ4v) is 2.46. The molecule has 1 N–H and O–H groups in total. The Balaban J connectivity index is 1.91. The van der Waals surface area contributed by atoms with Crippen LogP contribution in [0.15, 0.2) is 42.7 Å². The van der Waals surface area contributed by atoms with E-state index in [4.69, 9.17) is 0 Å². The Morgan fingerprint density at radius 1 is 1.37 bits per heavy atom. The summed E-state index contributed by atoms with van der Waals surface area (Å²) in [6, 6.07) is 10.1. The molecule has 3 rings (SSSR count). The molecule has 0 amide bonds. The summed E-state index contributed by atoms with van der Waals surface area (Å²) >= 11 is 0. The smallest absolute Gasteiger partial charge is 0.141 e. The lowest BCUT2D eigenvalue weighted by Crippen LogP contribution is -2.41. The summed E-state index contributed by atoms with van der Waals surface area (Å²) in [6.45, 7) is 3.72. The average molecular weight is 257 g/mol. The zero-order valence-corrected chi connectivity index (χ0v) is 10.8. The van der Waals surface area contributed by atoms with Gasteiger partial charge in [0.1, 0.15) is 5.82 Å². The molecule has 3 nitrogen and oxygen atoms in total. The first-order valence-corrected chi connectivity index (χ1v) is 6.43. The van der Waals surface area contributed by atoms with Crippen LogP contribution in [0, 0.1) is 5.82 Å². The average Bonchev–Trinajstić information content (AvgIpc) is 2.42. The van der Waals surface area contributed by atoms with Crippen molar-refractivity contribution in [2.75, 3.05) is 16.8 Å². The molecular formula is C15H16FN3. The van der Waals surface area contributed by atoms with Gasteiger partial charge in [0, 0.05) is 25.3 Å². The summed E-state index contributed by atoms with van der Waals surface area (Å²) in [6.07, 6.45) is 2.96. The van der Waals surface area contributed by atoms with E-state index in [0.29, 0.717) is 12.6 Å². The maximum Gasteiger partial charge on any atom is 0.141 e. The van der Waals surface area contributed by atoms with Crippen molar-refractivity contribution < 1.29 is 4.39 Å². The van der Waals surface area contributed by atoms with E-state index in [0.717, 1.165) is 23.5 Å². The third-order valence-electron chi connectivity index (χ3n) is 3.45. The summed E-state index contributed by atoms with van der Waals surface area (Å²) in [5.74, 6) is -0.284. The molecule has 0 fully saturated rings. The maximum atomic E-state index is 13.2. The third-order valence-corrected chi connectivity index (χ3v) is 3.45. The number of anilines is 2. The Morgan fingerprint density at radius 2 is 2.21 bits per heavy atom. The standard InChI is InChI=1S/C15H16FN3/c1-11-7-18-14-4-2-3-5-15(14)19(11)10-12-6-13(16)9-17-8-12/h2-6,8-9,11,18H,7,10H2,1H3. The zero-order valence-electron chi connectivity index (χ0n) is 10.8. The Bertz CT molecular complexity index is 585. The number of rotatable bonds is 2. The number of benzene rings is 1. The lowest BCUT2D eigenvalue weighted by atomic mass is 10.1. The van der Waals surface area contributed by atoms with Crippen molar-refractivity contribution in [3.63, 3.8) is 0 Å². The first-order valence-electron chi connectivity index (χ1n) is 6.43. The molecule has 19 heavy (non-hydrogen) atoms. The van der Waals surface area contributed by atoms with E-state index in [1.54, 1.807) is 12.3 Å². The molecule has 1 aromatic carbocycles. The van der Waals surface area contributed by atoms with Crippen LogP contribution in [0.5, 0.6) is 0 Å². The normalized spacial score (nSPS) is 17.8. The van der Waals surface area contributed by atoms with Gasteiger partial charge in [-0.2, -0.15) is 0 Å². The number of hydrogen-bond donors (Lipinski definition) is 1. The van der Waals surface area contributed by atoms with Crippen molar-refractivity contribution in [1.29, 1.82) is 0 Å². The molecule has 0 saturated carbocycles. The number of fused-ring (bicyclic) bond motifs is 1. The highest BCUT2D eigenvalue weighted by Crippen LogP contribution is 2.32. The van der Waals surface area contributed by atoms with Crippen LogP contribution in [0.3, 0.4) is 0 Å². The number of nitrogens with one attached hydrogen (secondary N) is 1. The van der Waals surface area contributed by atoms with E-state index in [1.165, 1.54) is 6.20 Å². The van der Waals surface area contributed by atoms with Gasteiger partial charge in [-0.15, -0.1) is 0 Å². The highest BCUT2D eigenvalue weighted by molar-refractivity contribution is 5.72. The Hall–Kier alpha value is -2.10. The van der Waals surface area contributed by atoms with Crippen molar-refractivity contribution in [1.82, 2.24) is 4.98 Å². The highest BCUT2D eigenvalue weighted by Gasteiger charge is 2.22. The number of para-hydroxylation sites is 2. The molecule has 0 saturated heterocycles. The Morgan fingerprint density at radius 3 is 3.05 bits per heavy atom. The molecule has 1 unspecified atom stereocenters. The Labute approximate surface area is 112 Å². The van der Waals surface area contributed by atoms with Crippen LogP contribution in [0.1, 0.15) is 12.5 Å².